The molecule has 0 aromatic heterocycles. The summed E-state index contributed by atoms with van der Waals surface area (Å²) >= 11 is 6.02. The van der Waals surface area contributed by atoms with Crippen LogP contribution in [0.4, 0.5) is 0 Å². The molecule has 0 heterocycles. The summed E-state index contributed by atoms with van der Waals surface area (Å²) in [5.41, 5.74) is 2.47. The zero-order valence-electron chi connectivity index (χ0n) is 14.2. The summed E-state index contributed by atoms with van der Waals surface area (Å²) in [7, 11) is 0. The Bertz CT molecular complexity index is 414. The van der Waals surface area contributed by atoms with Crippen molar-refractivity contribution in [3.8, 4) is 5.75 Å². The van der Waals surface area contributed by atoms with Crippen LogP contribution in [0, 0.1) is 13.8 Å². The Hall–Kier alpha value is -0.730. The van der Waals surface area contributed by atoms with Gasteiger partial charge >= 0.3 is 0 Å². The van der Waals surface area contributed by atoms with Crippen molar-refractivity contribution in [2.24, 2.45) is 0 Å². The number of benzene rings is 1. The summed E-state index contributed by atoms with van der Waals surface area (Å²) in [6.45, 7) is 12.6. The van der Waals surface area contributed by atoms with Crippen molar-refractivity contribution in [3.05, 3.63) is 28.3 Å². The van der Waals surface area contributed by atoms with Gasteiger partial charge in [0.15, 0.2) is 0 Å². The van der Waals surface area contributed by atoms with Gasteiger partial charge in [-0.25, -0.2) is 0 Å². The van der Waals surface area contributed by atoms with E-state index in [2.05, 4.69) is 26.1 Å². The zero-order chi connectivity index (χ0) is 15.9. The van der Waals surface area contributed by atoms with Gasteiger partial charge in [0.25, 0.3) is 0 Å². The van der Waals surface area contributed by atoms with Crippen molar-refractivity contribution < 1.29 is 4.74 Å². The van der Waals surface area contributed by atoms with Gasteiger partial charge in [0.2, 0.25) is 0 Å². The second kappa shape index (κ2) is 8.65. The lowest BCUT2D eigenvalue weighted by molar-refractivity contribution is 0.300. The lowest BCUT2D eigenvalue weighted by Gasteiger charge is -2.20. The molecule has 3 heteroatoms. The minimum atomic E-state index is 0.229. The number of halogens is 1. The molecule has 0 aliphatic carbocycles. The zero-order valence-corrected chi connectivity index (χ0v) is 14.9. The van der Waals surface area contributed by atoms with Gasteiger partial charge < -0.3 is 10.1 Å². The molecule has 0 fully saturated rings. The number of ether oxygens (including phenoxy) is 1. The highest BCUT2D eigenvalue weighted by atomic mass is 35.5. The molecule has 0 aliphatic heterocycles. The molecule has 2 nitrogen and oxygen atoms in total. The number of rotatable bonds is 8. The van der Waals surface area contributed by atoms with E-state index in [9.17, 15) is 0 Å². The monoisotopic (exact) mass is 311 g/mol. The van der Waals surface area contributed by atoms with Crippen LogP contribution < -0.4 is 10.1 Å². The minimum absolute atomic E-state index is 0.229. The standard InChI is InChI=1S/C18H30ClNO/c1-14-12-16(19)13-15(2)17(14)21-11-9-7-6-8-10-20-18(3,4)5/h12-13,20H,6-11H2,1-5H3. The highest BCUT2D eigenvalue weighted by Crippen LogP contribution is 2.27. The Kier molecular flexibility index (Phi) is 7.55. The molecule has 1 aromatic rings. The average Bonchev–Trinajstić information content (AvgIpc) is 2.33. The third kappa shape index (κ3) is 7.73. The normalized spacial score (nSPS) is 11.7. The van der Waals surface area contributed by atoms with E-state index < -0.39 is 0 Å². The first kappa shape index (κ1) is 18.3. The van der Waals surface area contributed by atoms with E-state index >= 15 is 0 Å². The van der Waals surface area contributed by atoms with Crippen LogP contribution >= 0.6 is 11.6 Å². The SMILES string of the molecule is Cc1cc(Cl)cc(C)c1OCCCCCCNC(C)(C)C. The topological polar surface area (TPSA) is 21.3 Å². The van der Waals surface area contributed by atoms with Gasteiger partial charge in [-0.1, -0.05) is 24.4 Å². The lowest BCUT2D eigenvalue weighted by Crippen LogP contribution is -2.36. The first-order chi connectivity index (χ1) is 9.79. The molecule has 1 N–H and O–H groups in total. The van der Waals surface area contributed by atoms with Crippen LogP contribution in [-0.2, 0) is 0 Å². The van der Waals surface area contributed by atoms with Crippen LogP contribution in [0.1, 0.15) is 57.6 Å². The lowest BCUT2D eigenvalue weighted by atomic mass is 10.1. The van der Waals surface area contributed by atoms with Crippen LogP contribution in [0.3, 0.4) is 0 Å². The molecule has 0 unspecified atom stereocenters. The summed E-state index contributed by atoms with van der Waals surface area (Å²) < 4.78 is 5.91. The third-order valence-corrected chi connectivity index (χ3v) is 3.62. The Balaban J connectivity index is 2.15. The molecule has 21 heavy (non-hydrogen) atoms. The number of hydrogen-bond donors (Lipinski definition) is 1. The second-order valence-corrected chi connectivity index (χ2v) is 7.24. The van der Waals surface area contributed by atoms with Crippen molar-refractivity contribution in [1.82, 2.24) is 5.32 Å². The fourth-order valence-electron chi connectivity index (χ4n) is 2.34. The van der Waals surface area contributed by atoms with E-state index in [1.165, 1.54) is 19.3 Å². The van der Waals surface area contributed by atoms with Gasteiger partial charge in [-0.05, 0) is 77.3 Å². The average molecular weight is 312 g/mol. The molecule has 0 amide bonds. The molecule has 1 rings (SSSR count). The first-order valence-corrected chi connectivity index (χ1v) is 8.32. The van der Waals surface area contributed by atoms with Crippen molar-refractivity contribution in [3.63, 3.8) is 0 Å². The molecule has 0 radical (unpaired) electrons. The van der Waals surface area contributed by atoms with Gasteiger partial charge in [-0.3, -0.25) is 0 Å². The number of nitrogens with one attached hydrogen (secondary N) is 1. The molecule has 0 saturated carbocycles. The fourth-order valence-corrected chi connectivity index (χ4v) is 2.67. The van der Waals surface area contributed by atoms with E-state index in [-0.39, 0.29) is 5.54 Å². The summed E-state index contributed by atoms with van der Waals surface area (Å²) in [4.78, 5) is 0. The Labute approximate surface area is 135 Å². The van der Waals surface area contributed by atoms with Crippen molar-refractivity contribution in [2.75, 3.05) is 13.2 Å². The van der Waals surface area contributed by atoms with Gasteiger partial charge in [0, 0.05) is 10.6 Å². The molecular weight excluding hydrogens is 282 g/mol. The largest absolute Gasteiger partial charge is 0.493 e. The van der Waals surface area contributed by atoms with E-state index in [1.54, 1.807) is 0 Å². The maximum absolute atomic E-state index is 6.02. The molecular formula is C18H30ClNO. The summed E-state index contributed by atoms with van der Waals surface area (Å²) in [6.07, 6.45) is 4.82. The second-order valence-electron chi connectivity index (χ2n) is 6.81. The maximum Gasteiger partial charge on any atom is 0.125 e. The van der Waals surface area contributed by atoms with E-state index in [0.717, 1.165) is 41.5 Å². The highest BCUT2D eigenvalue weighted by molar-refractivity contribution is 6.30. The summed E-state index contributed by atoms with van der Waals surface area (Å²) in [6, 6.07) is 3.92. The molecule has 0 aliphatic rings. The van der Waals surface area contributed by atoms with E-state index in [0.29, 0.717) is 0 Å². The van der Waals surface area contributed by atoms with Gasteiger partial charge in [-0.2, -0.15) is 0 Å². The van der Waals surface area contributed by atoms with Crippen molar-refractivity contribution >= 4 is 11.6 Å². The van der Waals surface area contributed by atoms with Crippen molar-refractivity contribution in [2.45, 2.75) is 65.8 Å². The Morgan fingerprint density at radius 3 is 2.14 bits per heavy atom. The summed E-state index contributed by atoms with van der Waals surface area (Å²) in [5.74, 6) is 0.994. The quantitative estimate of drug-likeness (QED) is 0.659. The molecule has 0 bridgehead atoms. The molecule has 0 atom stereocenters. The van der Waals surface area contributed by atoms with Gasteiger partial charge in [0.05, 0.1) is 6.61 Å². The Morgan fingerprint density at radius 1 is 1.00 bits per heavy atom. The molecule has 0 saturated heterocycles. The molecule has 120 valence electrons. The van der Waals surface area contributed by atoms with Crippen LogP contribution in [0.15, 0.2) is 12.1 Å². The van der Waals surface area contributed by atoms with Crippen molar-refractivity contribution in [1.29, 1.82) is 0 Å². The predicted octanol–water partition coefficient (Wildman–Crippen LogP) is 5.28. The Morgan fingerprint density at radius 2 is 1.57 bits per heavy atom. The van der Waals surface area contributed by atoms with Crippen LogP contribution in [-0.4, -0.2) is 18.7 Å². The smallest absolute Gasteiger partial charge is 0.125 e. The van der Waals surface area contributed by atoms with Crippen LogP contribution in [0.25, 0.3) is 0 Å². The van der Waals surface area contributed by atoms with Crippen LogP contribution in [0.2, 0.25) is 5.02 Å². The van der Waals surface area contributed by atoms with E-state index in [1.807, 2.05) is 26.0 Å². The molecule has 0 spiro atoms. The van der Waals surface area contributed by atoms with E-state index in [4.69, 9.17) is 16.3 Å². The number of aryl methyl sites for hydroxylation is 2. The van der Waals surface area contributed by atoms with Crippen LogP contribution in [0.5, 0.6) is 5.75 Å². The number of hydrogen-bond acceptors (Lipinski definition) is 2. The summed E-state index contributed by atoms with van der Waals surface area (Å²) in [5, 5.41) is 4.30. The third-order valence-electron chi connectivity index (χ3n) is 3.40. The minimum Gasteiger partial charge on any atom is -0.493 e. The molecule has 1 aromatic carbocycles. The number of unbranched alkanes of at least 4 members (excludes halogenated alkanes) is 3. The fraction of sp³-hybridized carbons (Fsp3) is 0.667. The van der Waals surface area contributed by atoms with Gasteiger partial charge in [0.1, 0.15) is 5.75 Å². The highest BCUT2D eigenvalue weighted by Gasteiger charge is 2.07. The van der Waals surface area contributed by atoms with Gasteiger partial charge in [-0.15, -0.1) is 0 Å². The predicted molar refractivity (Wildman–Crippen MR) is 92.6 cm³/mol. The maximum atomic E-state index is 6.02. The first-order valence-electron chi connectivity index (χ1n) is 7.94.